The van der Waals surface area contributed by atoms with Crippen LogP contribution in [0, 0.1) is 0 Å². The maximum Gasteiger partial charge on any atom is 0.442 e. The molecule has 9 heteroatoms. The average molecular weight is 302 g/mol. The van der Waals surface area contributed by atoms with Gasteiger partial charge < -0.3 is 9.15 Å². The van der Waals surface area contributed by atoms with E-state index in [9.17, 15) is 9.59 Å². The maximum atomic E-state index is 11.8. The molecule has 0 bridgehead atoms. The maximum absolute atomic E-state index is 11.8. The molecule has 0 amide bonds. The molecule has 0 spiro atoms. The lowest BCUT2D eigenvalue weighted by Gasteiger charge is -2.03. The minimum Gasteiger partial charge on any atom is -0.463 e. The van der Waals surface area contributed by atoms with E-state index in [1.54, 1.807) is 6.07 Å². The zero-order valence-electron chi connectivity index (χ0n) is 11.4. The monoisotopic (exact) mass is 302 g/mol. The largest absolute Gasteiger partial charge is 0.463 e. The molecule has 0 saturated heterocycles. The van der Waals surface area contributed by atoms with Gasteiger partial charge in [-0.05, 0) is 6.07 Å². The van der Waals surface area contributed by atoms with E-state index in [0.29, 0.717) is 11.3 Å². The Labute approximate surface area is 123 Å². The third-order valence-electron chi connectivity index (χ3n) is 2.92. The van der Waals surface area contributed by atoms with Gasteiger partial charge in [-0.3, -0.25) is 14.1 Å². The summed E-state index contributed by atoms with van der Waals surface area (Å²) in [5.74, 6) is -1.10. The van der Waals surface area contributed by atoms with E-state index in [0.717, 1.165) is 0 Å². The highest BCUT2D eigenvalue weighted by Gasteiger charge is 2.20. The van der Waals surface area contributed by atoms with E-state index in [1.807, 2.05) is 0 Å². The van der Waals surface area contributed by atoms with Gasteiger partial charge in [-0.25, -0.2) is 14.6 Å². The van der Waals surface area contributed by atoms with E-state index in [-0.39, 0.29) is 18.1 Å². The van der Waals surface area contributed by atoms with Gasteiger partial charge in [0.25, 0.3) is 0 Å². The highest BCUT2D eigenvalue weighted by atomic mass is 16.5. The molecule has 3 heterocycles. The first-order valence-electron chi connectivity index (χ1n) is 6.18. The van der Waals surface area contributed by atoms with Crippen molar-refractivity contribution in [2.75, 3.05) is 7.11 Å². The van der Waals surface area contributed by atoms with Gasteiger partial charge in [0.1, 0.15) is 5.69 Å². The molecule has 0 aliphatic heterocycles. The molecule has 3 rings (SSSR count). The molecule has 9 nitrogen and oxygen atoms in total. The number of hydrogen-bond donors (Lipinski definition) is 0. The van der Waals surface area contributed by atoms with Crippen LogP contribution in [0.3, 0.4) is 0 Å². The Hall–Kier alpha value is -3.23. The number of aromatic nitrogens is 4. The SMILES string of the molecule is COC(=O)c1occc1Cn1c(-c2cnccn2)noc1=O. The summed E-state index contributed by atoms with van der Waals surface area (Å²) in [5, 5.41) is 3.69. The van der Waals surface area contributed by atoms with Gasteiger partial charge in [0, 0.05) is 18.0 Å². The summed E-state index contributed by atoms with van der Waals surface area (Å²) in [6, 6.07) is 1.56. The molecule has 3 aromatic heterocycles. The number of esters is 1. The third-order valence-corrected chi connectivity index (χ3v) is 2.92. The first-order chi connectivity index (χ1) is 10.7. The van der Waals surface area contributed by atoms with Crippen molar-refractivity contribution in [2.45, 2.75) is 6.54 Å². The van der Waals surface area contributed by atoms with Gasteiger partial charge in [-0.15, -0.1) is 0 Å². The lowest BCUT2D eigenvalue weighted by molar-refractivity contribution is 0.0563. The van der Waals surface area contributed by atoms with Crippen molar-refractivity contribution in [3.8, 4) is 11.5 Å². The van der Waals surface area contributed by atoms with Crippen molar-refractivity contribution in [1.29, 1.82) is 0 Å². The van der Waals surface area contributed by atoms with Crippen molar-refractivity contribution in [1.82, 2.24) is 19.7 Å². The van der Waals surface area contributed by atoms with E-state index < -0.39 is 11.7 Å². The van der Waals surface area contributed by atoms with Crippen LogP contribution in [0.5, 0.6) is 0 Å². The van der Waals surface area contributed by atoms with Crippen LogP contribution in [0.25, 0.3) is 11.5 Å². The molecule has 0 fully saturated rings. The summed E-state index contributed by atoms with van der Waals surface area (Å²) in [5.41, 5.74) is 0.832. The van der Waals surface area contributed by atoms with Crippen molar-refractivity contribution < 1.29 is 18.5 Å². The van der Waals surface area contributed by atoms with E-state index in [2.05, 4.69) is 24.4 Å². The summed E-state index contributed by atoms with van der Waals surface area (Å²) in [6.45, 7) is 0.0230. The Morgan fingerprint density at radius 3 is 3.00 bits per heavy atom. The molecule has 22 heavy (non-hydrogen) atoms. The minimum absolute atomic E-state index is 0.0145. The number of ether oxygens (including phenoxy) is 1. The smallest absolute Gasteiger partial charge is 0.442 e. The summed E-state index contributed by atoms with van der Waals surface area (Å²) >= 11 is 0. The predicted octanol–water partition coefficient (Wildman–Crippen LogP) is 0.721. The van der Waals surface area contributed by atoms with E-state index in [4.69, 9.17) is 4.42 Å². The Morgan fingerprint density at radius 2 is 2.27 bits per heavy atom. The number of hydrogen-bond acceptors (Lipinski definition) is 8. The fraction of sp³-hybridized carbons (Fsp3) is 0.154. The summed E-state index contributed by atoms with van der Waals surface area (Å²) in [6.07, 6.45) is 5.75. The van der Waals surface area contributed by atoms with Crippen molar-refractivity contribution in [2.24, 2.45) is 0 Å². The van der Waals surface area contributed by atoms with Gasteiger partial charge in [0.15, 0.2) is 0 Å². The topological polar surface area (TPSA) is 113 Å². The van der Waals surface area contributed by atoms with Crippen molar-refractivity contribution in [3.63, 3.8) is 0 Å². The van der Waals surface area contributed by atoms with E-state index >= 15 is 0 Å². The zero-order valence-corrected chi connectivity index (χ0v) is 11.4. The molecule has 0 aliphatic carbocycles. The second kappa shape index (κ2) is 5.64. The van der Waals surface area contributed by atoms with Crippen LogP contribution in [0.2, 0.25) is 0 Å². The molecule has 3 aromatic rings. The lowest BCUT2D eigenvalue weighted by Crippen LogP contribution is -2.18. The Bertz CT molecular complexity index is 849. The summed E-state index contributed by atoms with van der Waals surface area (Å²) in [7, 11) is 1.24. The summed E-state index contributed by atoms with van der Waals surface area (Å²) < 4.78 is 15.6. The number of carbonyl (C=O) groups is 1. The fourth-order valence-electron chi connectivity index (χ4n) is 1.91. The highest BCUT2D eigenvalue weighted by molar-refractivity contribution is 5.87. The first kappa shape index (κ1) is 13.7. The first-order valence-corrected chi connectivity index (χ1v) is 6.18. The molecule has 0 radical (unpaired) electrons. The number of carbonyl (C=O) groups excluding carboxylic acids is 1. The summed E-state index contributed by atoms with van der Waals surface area (Å²) in [4.78, 5) is 31.4. The van der Waals surface area contributed by atoms with Crippen LogP contribution >= 0.6 is 0 Å². The second-order valence-corrected chi connectivity index (χ2v) is 4.22. The molecule has 0 atom stereocenters. The number of rotatable bonds is 4. The third kappa shape index (κ3) is 2.39. The standard InChI is InChI=1S/C13H10N4O5/c1-20-12(18)10-8(2-5-21-10)7-17-11(16-22-13(17)19)9-6-14-3-4-15-9/h2-6H,7H2,1H3. The Morgan fingerprint density at radius 1 is 1.41 bits per heavy atom. The fourth-order valence-corrected chi connectivity index (χ4v) is 1.91. The Kier molecular flexibility index (Phi) is 3.52. The molecule has 0 N–H and O–H groups in total. The molecule has 0 aromatic carbocycles. The van der Waals surface area contributed by atoms with Gasteiger partial charge in [0.05, 0.1) is 26.1 Å². The molecule has 0 saturated carbocycles. The average Bonchev–Trinajstić information content (AvgIpc) is 3.16. The van der Waals surface area contributed by atoms with Gasteiger partial charge >= 0.3 is 11.7 Å². The van der Waals surface area contributed by atoms with Crippen LogP contribution in [-0.4, -0.2) is 32.8 Å². The molecular formula is C13H10N4O5. The van der Waals surface area contributed by atoms with Crippen LogP contribution in [-0.2, 0) is 11.3 Å². The van der Waals surface area contributed by atoms with Crippen LogP contribution in [0.15, 0.2) is 44.7 Å². The van der Waals surface area contributed by atoms with Crippen LogP contribution in [0.1, 0.15) is 16.1 Å². The van der Waals surface area contributed by atoms with Crippen molar-refractivity contribution in [3.05, 3.63) is 52.8 Å². The second-order valence-electron chi connectivity index (χ2n) is 4.22. The Balaban J connectivity index is 2.01. The minimum atomic E-state index is -0.683. The van der Waals surface area contributed by atoms with Gasteiger partial charge in [-0.1, -0.05) is 5.16 Å². The van der Waals surface area contributed by atoms with Gasteiger partial charge in [-0.2, -0.15) is 0 Å². The lowest BCUT2D eigenvalue weighted by atomic mass is 10.2. The van der Waals surface area contributed by atoms with Crippen LogP contribution in [0.4, 0.5) is 0 Å². The molecular weight excluding hydrogens is 292 g/mol. The predicted molar refractivity (Wildman–Crippen MR) is 70.9 cm³/mol. The van der Waals surface area contributed by atoms with E-state index in [1.165, 1.54) is 36.5 Å². The zero-order chi connectivity index (χ0) is 15.5. The highest BCUT2D eigenvalue weighted by Crippen LogP contribution is 2.17. The molecule has 0 aliphatic rings. The molecule has 112 valence electrons. The number of furan rings is 1. The number of methoxy groups -OCH3 is 1. The number of nitrogens with zero attached hydrogens (tertiary/aromatic N) is 4. The van der Waals surface area contributed by atoms with Crippen molar-refractivity contribution >= 4 is 5.97 Å². The normalized spacial score (nSPS) is 10.6. The van der Waals surface area contributed by atoms with Gasteiger partial charge in [0.2, 0.25) is 11.6 Å². The van der Waals surface area contributed by atoms with Crippen LogP contribution < -0.4 is 5.76 Å². The quantitative estimate of drug-likeness (QED) is 0.648. The molecule has 0 unspecified atom stereocenters.